The molecule has 0 radical (unpaired) electrons. The summed E-state index contributed by atoms with van der Waals surface area (Å²) >= 11 is 5.89. The van der Waals surface area contributed by atoms with Gasteiger partial charge in [0.05, 0.1) is 5.02 Å². The minimum absolute atomic E-state index is 0.0510. The largest absolute Gasteiger partial charge is 0.244 e. The Morgan fingerprint density at radius 1 is 1.10 bits per heavy atom. The summed E-state index contributed by atoms with van der Waals surface area (Å²) in [6.07, 6.45) is 0.661. The number of nitrogens with zero attached hydrogens (tertiary/aromatic N) is 1. The van der Waals surface area contributed by atoms with E-state index in [-0.39, 0.29) is 9.92 Å². The number of hydrogen-bond donors (Lipinski definition) is 0. The van der Waals surface area contributed by atoms with Gasteiger partial charge in [-0.15, -0.1) is 0 Å². The molecule has 2 aromatic carbocycles. The molecule has 3 nitrogen and oxygen atoms in total. The van der Waals surface area contributed by atoms with Crippen molar-refractivity contribution < 1.29 is 12.8 Å². The Hall–Kier alpha value is -1.43. The number of fused-ring (bicyclic) bond motifs is 1. The predicted molar refractivity (Wildman–Crippen MR) is 79.2 cm³/mol. The fourth-order valence-electron chi connectivity index (χ4n) is 2.50. The van der Waals surface area contributed by atoms with E-state index in [1.807, 2.05) is 24.3 Å². The van der Waals surface area contributed by atoms with Crippen LogP contribution in [0.15, 0.2) is 47.4 Å². The Kier molecular flexibility index (Phi) is 3.73. The average molecular weight is 326 g/mol. The lowest BCUT2D eigenvalue weighted by Crippen LogP contribution is -2.36. The lowest BCUT2D eigenvalue weighted by molar-refractivity contribution is 0.391. The van der Waals surface area contributed by atoms with E-state index in [4.69, 9.17) is 11.6 Å². The third kappa shape index (κ3) is 2.69. The minimum atomic E-state index is -3.72. The molecule has 110 valence electrons. The van der Waals surface area contributed by atoms with Gasteiger partial charge >= 0.3 is 0 Å². The van der Waals surface area contributed by atoms with Crippen molar-refractivity contribution in [1.29, 1.82) is 0 Å². The topological polar surface area (TPSA) is 37.4 Å². The maximum Gasteiger partial charge on any atom is 0.244 e. The molecule has 6 heteroatoms. The first-order valence-electron chi connectivity index (χ1n) is 6.50. The minimum Gasteiger partial charge on any atom is -0.207 e. The Morgan fingerprint density at radius 3 is 2.52 bits per heavy atom. The van der Waals surface area contributed by atoms with Crippen molar-refractivity contribution in [2.75, 3.05) is 6.54 Å². The summed E-state index contributed by atoms with van der Waals surface area (Å²) in [5, 5.41) is -0.0890. The van der Waals surface area contributed by atoms with Gasteiger partial charge in [0.2, 0.25) is 10.0 Å². The van der Waals surface area contributed by atoms with Gasteiger partial charge in [-0.2, -0.15) is 4.31 Å². The quantitative estimate of drug-likeness (QED) is 0.850. The summed E-state index contributed by atoms with van der Waals surface area (Å²) in [6.45, 7) is 0.708. The lowest BCUT2D eigenvalue weighted by atomic mass is 10.0. The summed E-state index contributed by atoms with van der Waals surface area (Å²) in [7, 11) is -3.72. The maximum absolute atomic E-state index is 13.1. The van der Waals surface area contributed by atoms with Gasteiger partial charge in [0.15, 0.2) is 0 Å². The van der Waals surface area contributed by atoms with Crippen LogP contribution in [0.5, 0.6) is 0 Å². The van der Waals surface area contributed by atoms with Gasteiger partial charge in [0, 0.05) is 13.1 Å². The van der Waals surface area contributed by atoms with Gasteiger partial charge in [-0.05, 0) is 35.7 Å². The van der Waals surface area contributed by atoms with Crippen molar-refractivity contribution in [2.24, 2.45) is 0 Å². The standard InChI is InChI=1S/C15H13ClFNO2S/c16-14-9-13(17)5-6-15(14)21(19,20)18-8-7-11-3-1-2-4-12(11)10-18/h1-6,9H,7-8,10H2. The van der Waals surface area contributed by atoms with Crippen molar-refractivity contribution in [1.82, 2.24) is 4.31 Å². The predicted octanol–water partition coefficient (Wildman–Crippen LogP) is 3.23. The molecule has 0 aromatic heterocycles. The Bertz CT molecular complexity index is 792. The third-order valence-electron chi connectivity index (χ3n) is 3.61. The second-order valence-electron chi connectivity index (χ2n) is 4.93. The van der Waals surface area contributed by atoms with Crippen molar-refractivity contribution in [2.45, 2.75) is 17.9 Å². The normalized spacial score (nSPS) is 15.7. The fourth-order valence-corrected chi connectivity index (χ4v) is 4.42. The van der Waals surface area contributed by atoms with Crippen molar-refractivity contribution in [3.63, 3.8) is 0 Å². The smallest absolute Gasteiger partial charge is 0.207 e. The monoisotopic (exact) mass is 325 g/mol. The van der Waals surface area contributed by atoms with Crippen LogP contribution in [-0.2, 0) is 23.0 Å². The molecule has 0 saturated heterocycles. The number of benzene rings is 2. The summed E-state index contributed by atoms with van der Waals surface area (Å²) in [5.41, 5.74) is 2.15. The first-order chi connectivity index (χ1) is 9.98. The zero-order valence-electron chi connectivity index (χ0n) is 11.1. The second-order valence-corrected chi connectivity index (χ2v) is 7.25. The molecule has 2 aromatic rings. The summed E-state index contributed by atoms with van der Waals surface area (Å²) in [6, 6.07) is 11.1. The molecule has 0 amide bonds. The molecule has 3 rings (SSSR count). The van der Waals surface area contributed by atoms with Gasteiger partial charge in [-0.1, -0.05) is 35.9 Å². The van der Waals surface area contributed by atoms with E-state index in [1.54, 1.807) is 0 Å². The molecule has 0 aliphatic carbocycles. The van der Waals surface area contributed by atoms with Gasteiger partial charge in [-0.25, -0.2) is 12.8 Å². The maximum atomic E-state index is 13.1. The summed E-state index contributed by atoms with van der Waals surface area (Å²) < 4.78 is 39.8. The molecule has 1 aliphatic rings. The molecule has 0 N–H and O–H groups in total. The Morgan fingerprint density at radius 2 is 1.81 bits per heavy atom. The SMILES string of the molecule is O=S(=O)(c1ccc(F)cc1Cl)N1CCc2ccccc2C1. The zero-order chi connectivity index (χ0) is 15.0. The molecular formula is C15H13ClFNO2S. The molecular weight excluding hydrogens is 313 g/mol. The number of hydrogen-bond acceptors (Lipinski definition) is 2. The van der Waals surface area contributed by atoms with E-state index in [2.05, 4.69) is 0 Å². The van der Waals surface area contributed by atoms with Gasteiger partial charge in [0.1, 0.15) is 10.7 Å². The Labute approximate surface area is 128 Å². The first kappa shape index (κ1) is 14.5. The van der Waals surface area contributed by atoms with Crippen LogP contribution in [0, 0.1) is 5.82 Å². The van der Waals surface area contributed by atoms with Crippen molar-refractivity contribution in [3.8, 4) is 0 Å². The molecule has 21 heavy (non-hydrogen) atoms. The van der Waals surface area contributed by atoms with Crippen molar-refractivity contribution >= 4 is 21.6 Å². The Balaban J connectivity index is 1.97. The van der Waals surface area contributed by atoms with E-state index in [0.717, 1.165) is 23.3 Å². The van der Waals surface area contributed by atoms with E-state index in [0.29, 0.717) is 19.5 Å². The highest BCUT2D eigenvalue weighted by Crippen LogP contribution is 2.29. The van der Waals surface area contributed by atoms with Crippen molar-refractivity contribution in [3.05, 3.63) is 64.4 Å². The number of rotatable bonds is 2. The second kappa shape index (κ2) is 5.40. The van der Waals surface area contributed by atoms with Gasteiger partial charge in [0.25, 0.3) is 0 Å². The number of halogens is 2. The third-order valence-corrected chi connectivity index (χ3v) is 5.94. The summed E-state index contributed by atoms with van der Waals surface area (Å²) in [4.78, 5) is -0.0510. The first-order valence-corrected chi connectivity index (χ1v) is 8.32. The van der Waals surface area contributed by atoms with Crippen LogP contribution < -0.4 is 0 Å². The molecule has 1 heterocycles. The van der Waals surface area contributed by atoms with Gasteiger partial charge < -0.3 is 0 Å². The molecule has 0 bridgehead atoms. The van der Waals surface area contributed by atoms with Crippen LogP contribution >= 0.6 is 11.6 Å². The number of sulfonamides is 1. The molecule has 0 spiro atoms. The van der Waals surface area contributed by atoms with Crippen LogP contribution in [0.2, 0.25) is 5.02 Å². The lowest BCUT2D eigenvalue weighted by Gasteiger charge is -2.28. The molecule has 0 atom stereocenters. The summed E-state index contributed by atoms with van der Waals surface area (Å²) in [5.74, 6) is -0.553. The van der Waals surface area contributed by atoms with E-state index < -0.39 is 15.8 Å². The van der Waals surface area contributed by atoms with Crippen LogP contribution in [0.1, 0.15) is 11.1 Å². The van der Waals surface area contributed by atoms with Crippen LogP contribution in [0.25, 0.3) is 0 Å². The average Bonchev–Trinajstić information content (AvgIpc) is 2.46. The van der Waals surface area contributed by atoms with E-state index in [9.17, 15) is 12.8 Å². The van der Waals surface area contributed by atoms with E-state index in [1.165, 1.54) is 10.4 Å². The highest BCUT2D eigenvalue weighted by molar-refractivity contribution is 7.89. The zero-order valence-corrected chi connectivity index (χ0v) is 12.7. The molecule has 0 fully saturated rings. The van der Waals surface area contributed by atoms with Crippen LogP contribution in [-0.4, -0.2) is 19.3 Å². The molecule has 0 unspecified atom stereocenters. The highest BCUT2D eigenvalue weighted by Gasteiger charge is 2.29. The van der Waals surface area contributed by atoms with Crippen LogP contribution in [0.4, 0.5) is 4.39 Å². The molecule has 0 saturated carbocycles. The fraction of sp³-hybridized carbons (Fsp3) is 0.200. The van der Waals surface area contributed by atoms with Gasteiger partial charge in [-0.3, -0.25) is 0 Å². The highest BCUT2D eigenvalue weighted by atomic mass is 35.5. The van der Waals surface area contributed by atoms with E-state index >= 15 is 0 Å². The molecule has 1 aliphatic heterocycles. The van der Waals surface area contributed by atoms with Crippen LogP contribution in [0.3, 0.4) is 0 Å².